The molecule has 1 atom stereocenters. The zero-order valence-corrected chi connectivity index (χ0v) is 13.6. The van der Waals surface area contributed by atoms with E-state index in [1.54, 1.807) is 0 Å². The molecular formula is C17H27N3O. The van der Waals surface area contributed by atoms with E-state index in [0.29, 0.717) is 6.04 Å². The molecule has 1 unspecified atom stereocenters. The van der Waals surface area contributed by atoms with Crippen molar-refractivity contribution in [3.05, 3.63) is 29.3 Å². The molecule has 1 aromatic carbocycles. The lowest BCUT2D eigenvalue weighted by Crippen LogP contribution is -2.41. The van der Waals surface area contributed by atoms with E-state index in [4.69, 9.17) is 0 Å². The van der Waals surface area contributed by atoms with Crippen molar-refractivity contribution in [1.82, 2.24) is 9.80 Å². The van der Waals surface area contributed by atoms with Gasteiger partial charge in [-0.3, -0.25) is 9.69 Å². The summed E-state index contributed by atoms with van der Waals surface area (Å²) in [6.07, 6.45) is 2.44. The van der Waals surface area contributed by atoms with Crippen molar-refractivity contribution in [1.29, 1.82) is 0 Å². The van der Waals surface area contributed by atoms with E-state index < -0.39 is 0 Å². The van der Waals surface area contributed by atoms with Crippen LogP contribution >= 0.6 is 0 Å². The molecule has 4 nitrogen and oxygen atoms in total. The number of carbonyl (C=O) groups is 1. The number of rotatable bonds is 5. The molecule has 1 saturated heterocycles. The second-order valence-corrected chi connectivity index (χ2v) is 5.89. The molecule has 0 bridgehead atoms. The Kier molecular flexibility index (Phi) is 5.23. The fourth-order valence-corrected chi connectivity index (χ4v) is 3.21. The summed E-state index contributed by atoms with van der Waals surface area (Å²) >= 11 is 0. The Hall–Kier alpha value is -1.55. The summed E-state index contributed by atoms with van der Waals surface area (Å²) in [5, 5.41) is 3.13. The first-order chi connectivity index (χ1) is 10.1. The average Bonchev–Trinajstić information content (AvgIpc) is 2.93. The normalized spacial score (nSPS) is 18.8. The number of nitrogens with one attached hydrogen (secondary N) is 1. The van der Waals surface area contributed by atoms with Crippen molar-refractivity contribution in [2.24, 2.45) is 0 Å². The zero-order valence-electron chi connectivity index (χ0n) is 13.6. The summed E-state index contributed by atoms with van der Waals surface area (Å²) in [4.78, 5) is 16.9. The van der Waals surface area contributed by atoms with Crippen molar-refractivity contribution < 1.29 is 4.79 Å². The Balaban J connectivity index is 2.03. The number of likely N-dealkylation sites (tertiary alicyclic amines) is 1. The minimum absolute atomic E-state index is 0.115. The summed E-state index contributed by atoms with van der Waals surface area (Å²) in [7, 11) is 3.81. The maximum absolute atomic E-state index is 12.6. The van der Waals surface area contributed by atoms with Crippen molar-refractivity contribution in [3.63, 3.8) is 0 Å². The number of amides is 1. The Bertz CT molecular complexity index is 501. The third kappa shape index (κ3) is 3.56. The van der Waals surface area contributed by atoms with Crippen molar-refractivity contribution in [3.8, 4) is 0 Å². The van der Waals surface area contributed by atoms with Crippen LogP contribution < -0.4 is 5.32 Å². The number of hydrogen-bond acceptors (Lipinski definition) is 3. The minimum Gasteiger partial charge on any atom is -0.388 e. The largest absolute Gasteiger partial charge is 0.388 e. The highest BCUT2D eigenvalue weighted by atomic mass is 16.2. The van der Waals surface area contributed by atoms with Gasteiger partial charge in [-0.25, -0.2) is 0 Å². The van der Waals surface area contributed by atoms with Gasteiger partial charge in [0.2, 0.25) is 0 Å². The van der Waals surface area contributed by atoms with E-state index in [1.807, 2.05) is 44.1 Å². The van der Waals surface area contributed by atoms with Crippen LogP contribution in [0.1, 0.15) is 35.7 Å². The Labute approximate surface area is 128 Å². The summed E-state index contributed by atoms with van der Waals surface area (Å²) < 4.78 is 0. The molecule has 21 heavy (non-hydrogen) atoms. The fourth-order valence-electron chi connectivity index (χ4n) is 3.21. The molecule has 116 valence electrons. The topological polar surface area (TPSA) is 35.6 Å². The number of likely N-dealkylation sites (N-methyl/N-ethyl adjacent to an activating group) is 2. The van der Waals surface area contributed by atoms with E-state index in [9.17, 15) is 4.79 Å². The predicted octanol–water partition coefficient (Wildman–Crippen LogP) is 2.59. The molecule has 1 amide bonds. The average molecular weight is 289 g/mol. The van der Waals surface area contributed by atoms with E-state index >= 15 is 0 Å². The number of benzene rings is 1. The van der Waals surface area contributed by atoms with Gasteiger partial charge < -0.3 is 10.2 Å². The molecule has 0 radical (unpaired) electrons. The van der Waals surface area contributed by atoms with E-state index in [2.05, 4.69) is 17.1 Å². The molecule has 1 aromatic rings. The van der Waals surface area contributed by atoms with E-state index in [1.165, 1.54) is 19.4 Å². The smallest absolute Gasteiger partial charge is 0.253 e. The van der Waals surface area contributed by atoms with E-state index in [-0.39, 0.29) is 5.91 Å². The highest BCUT2D eigenvalue weighted by Crippen LogP contribution is 2.20. The first-order valence-electron chi connectivity index (χ1n) is 7.84. The molecule has 1 aliphatic rings. The van der Waals surface area contributed by atoms with Crippen LogP contribution in [0.2, 0.25) is 0 Å². The van der Waals surface area contributed by atoms with Gasteiger partial charge in [0, 0.05) is 37.9 Å². The van der Waals surface area contributed by atoms with E-state index in [0.717, 1.165) is 29.9 Å². The van der Waals surface area contributed by atoms with Gasteiger partial charge in [0.05, 0.1) is 0 Å². The van der Waals surface area contributed by atoms with Crippen LogP contribution in [0.25, 0.3) is 0 Å². The molecule has 1 aliphatic heterocycles. The third-order valence-electron chi connectivity index (χ3n) is 4.48. The minimum atomic E-state index is 0.115. The standard InChI is InChI=1S/C17H27N3O/c1-5-20-10-6-7-15(20)12-19(4)17(21)14-8-9-16(18-3)13(2)11-14/h8-9,11,15,18H,5-7,10,12H2,1-4H3. The summed E-state index contributed by atoms with van der Waals surface area (Å²) in [6.45, 7) is 7.28. The predicted molar refractivity (Wildman–Crippen MR) is 88.0 cm³/mol. The summed E-state index contributed by atoms with van der Waals surface area (Å²) in [5.74, 6) is 0.115. The number of carbonyl (C=O) groups excluding carboxylic acids is 1. The van der Waals surface area contributed by atoms with Crippen molar-refractivity contribution in [2.75, 3.05) is 39.0 Å². The molecule has 0 aliphatic carbocycles. The SMILES string of the molecule is CCN1CCCC1CN(C)C(=O)c1ccc(NC)c(C)c1. The van der Waals surface area contributed by atoms with Gasteiger partial charge in [0.25, 0.3) is 5.91 Å². The number of nitrogens with zero attached hydrogens (tertiary/aromatic N) is 2. The van der Waals surface area contributed by atoms with Gasteiger partial charge in [-0.15, -0.1) is 0 Å². The second-order valence-electron chi connectivity index (χ2n) is 5.89. The lowest BCUT2D eigenvalue weighted by atomic mass is 10.1. The Morgan fingerprint density at radius 2 is 2.24 bits per heavy atom. The number of anilines is 1. The molecular weight excluding hydrogens is 262 g/mol. The maximum atomic E-state index is 12.6. The number of hydrogen-bond donors (Lipinski definition) is 1. The summed E-state index contributed by atoms with van der Waals surface area (Å²) in [6, 6.07) is 6.37. The molecule has 4 heteroatoms. The monoisotopic (exact) mass is 289 g/mol. The van der Waals surface area contributed by atoms with Crippen LogP contribution in [0.5, 0.6) is 0 Å². The molecule has 2 rings (SSSR count). The lowest BCUT2D eigenvalue weighted by molar-refractivity contribution is 0.0754. The molecule has 0 saturated carbocycles. The van der Waals surface area contributed by atoms with Crippen LogP contribution in [-0.4, -0.2) is 55.5 Å². The van der Waals surface area contributed by atoms with Crippen LogP contribution in [-0.2, 0) is 0 Å². The van der Waals surface area contributed by atoms with Crippen molar-refractivity contribution in [2.45, 2.75) is 32.7 Å². The maximum Gasteiger partial charge on any atom is 0.253 e. The molecule has 1 heterocycles. The first kappa shape index (κ1) is 15.8. The fraction of sp³-hybridized carbons (Fsp3) is 0.588. The summed E-state index contributed by atoms with van der Waals surface area (Å²) in [5.41, 5.74) is 2.95. The van der Waals surface area contributed by atoms with Gasteiger partial charge in [0.15, 0.2) is 0 Å². The van der Waals surface area contributed by atoms with Crippen LogP contribution in [0.15, 0.2) is 18.2 Å². The Morgan fingerprint density at radius 1 is 1.48 bits per heavy atom. The number of aryl methyl sites for hydroxylation is 1. The molecule has 0 spiro atoms. The van der Waals surface area contributed by atoms with Crippen LogP contribution in [0, 0.1) is 6.92 Å². The molecule has 0 aromatic heterocycles. The van der Waals surface area contributed by atoms with Crippen molar-refractivity contribution >= 4 is 11.6 Å². The lowest BCUT2D eigenvalue weighted by Gasteiger charge is -2.28. The molecule has 1 N–H and O–H groups in total. The highest BCUT2D eigenvalue weighted by Gasteiger charge is 2.25. The second kappa shape index (κ2) is 6.94. The van der Waals surface area contributed by atoms with Crippen LogP contribution in [0.3, 0.4) is 0 Å². The van der Waals surface area contributed by atoms with Gasteiger partial charge in [-0.2, -0.15) is 0 Å². The van der Waals surface area contributed by atoms with Gasteiger partial charge in [0.1, 0.15) is 0 Å². The van der Waals surface area contributed by atoms with Gasteiger partial charge >= 0.3 is 0 Å². The van der Waals surface area contributed by atoms with Gasteiger partial charge in [-0.1, -0.05) is 6.92 Å². The van der Waals surface area contributed by atoms with Gasteiger partial charge in [-0.05, 0) is 56.6 Å². The zero-order chi connectivity index (χ0) is 15.4. The highest BCUT2D eigenvalue weighted by molar-refractivity contribution is 5.94. The van der Waals surface area contributed by atoms with Crippen LogP contribution in [0.4, 0.5) is 5.69 Å². The molecule has 1 fully saturated rings. The third-order valence-corrected chi connectivity index (χ3v) is 4.48. The Morgan fingerprint density at radius 3 is 2.86 bits per heavy atom. The first-order valence-corrected chi connectivity index (χ1v) is 7.84. The quantitative estimate of drug-likeness (QED) is 0.905.